The van der Waals surface area contributed by atoms with Gasteiger partial charge in [-0.1, -0.05) is 25.5 Å². The van der Waals surface area contributed by atoms with Crippen LogP contribution >= 0.6 is 0 Å². The number of hydrogen-bond acceptors (Lipinski definition) is 3. The Kier molecular flexibility index (Phi) is 3.80. The first-order chi connectivity index (χ1) is 12.3. The predicted molar refractivity (Wildman–Crippen MR) is 103 cm³/mol. The van der Waals surface area contributed by atoms with Gasteiger partial charge < -0.3 is 5.11 Å². The van der Waals surface area contributed by atoms with Gasteiger partial charge in [-0.3, -0.25) is 9.69 Å². The van der Waals surface area contributed by atoms with Gasteiger partial charge in [0.15, 0.2) is 0 Å². The number of hydrogen-bond donors (Lipinski definition) is 1. The smallest absolute Gasteiger partial charge is 0.135 e. The summed E-state index contributed by atoms with van der Waals surface area (Å²) in [6, 6.07) is 0.507. The second kappa shape index (κ2) is 5.67. The summed E-state index contributed by atoms with van der Waals surface area (Å²) in [5.74, 6) is 2.88. The average Bonchev–Trinajstić information content (AvgIpc) is 3.37. The van der Waals surface area contributed by atoms with Crippen molar-refractivity contribution in [2.24, 2.45) is 34.5 Å². The van der Waals surface area contributed by atoms with E-state index in [0.717, 1.165) is 31.1 Å². The average molecular weight is 358 g/mol. The van der Waals surface area contributed by atoms with Gasteiger partial charge in [-0.2, -0.15) is 0 Å². The topological polar surface area (TPSA) is 40.3 Å². The Morgan fingerprint density at radius 3 is 2.65 bits per heavy atom. The van der Waals surface area contributed by atoms with Crippen LogP contribution in [0.5, 0.6) is 0 Å². The number of allylic oxidation sites excluding steroid dienone is 1. The molecule has 144 valence electrons. The third-order valence-corrected chi connectivity index (χ3v) is 9.49. The molecule has 0 aromatic heterocycles. The maximum absolute atomic E-state index is 12.7. The van der Waals surface area contributed by atoms with Crippen LogP contribution in [0.4, 0.5) is 0 Å². The van der Waals surface area contributed by atoms with Crippen molar-refractivity contribution in [2.45, 2.75) is 77.9 Å². The van der Waals surface area contributed by atoms with Crippen LogP contribution < -0.4 is 0 Å². The first kappa shape index (κ1) is 17.4. The second-order valence-corrected chi connectivity index (χ2v) is 10.6. The number of carbonyl (C=O) groups excluding carboxylic acids is 1. The van der Waals surface area contributed by atoms with Gasteiger partial charge in [-0.05, 0) is 80.5 Å². The monoisotopic (exact) mass is 357 g/mol. The lowest BCUT2D eigenvalue weighted by molar-refractivity contribution is -0.128. The fourth-order valence-electron chi connectivity index (χ4n) is 8.14. The number of ketones is 1. The highest BCUT2D eigenvalue weighted by molar-refractivity contribution is 5.80. The molecule has 3 saturated carbocycles. The molecule has 5 rings (SSSR count). The van der Waals surface area contributed by atoms with Crippen LogP contribution in [0.25, 0.3) is 0 Å². The van der Waals surface area contributed by atoms with E-state index in [1.165, 1.54) is 38.8 Å². The van der Waals surface area contributed by atoms with Crippen molar-refractivity contribution in [3.8, 4) is 0 Å². The van der Waals surface area contributed by atoms with Gasteiger partial charge >= 0.3 is 0 Å². The summed E-state index contributed by atoms with van der Waals surface area (Å²) in [6.45, 7) is 9.19. The number of fused-ring (bicyclic) bond motifs is 5. The summed E-state index contributed by atoms with van der Waals surface area (Å²) in [6.07, 6.45) is 10.3. The molecule has 0 unspecified atom stereocenters. The molecule has 1 N–H and O–H groups in total. The van der Waals surface area contributed by atoms with E-state index < -0.39 is 0 Å². The minimum atomic E-state index is -0.125. The molecule has 0 radical (unpaired) electrons. The first-order valence-corrected chi connectivity index (χ1v) is 11.0. The van der Waals surface area contributed by atoms with Crippen LogP contribution in [0.15, 0.2) is 11.6 Å². The molecule has 0 spiro atoms. The summed E-state index contributed by atoms with van der Waals surface area (Å²) >= 11 is 0. The maximum Gasteiger partial charge on any atom is 0.135 e. The molecular formula is C23H35NO2. The van der Waals surface area contributed by atoms with Gasteiger partial charge in [0, 0.05) is 25.0 Å². The zero-order valence-corrected chi connectivity index (χ0v) is 16.7. The van der Waals surface area contributed by atoms with Crippen LogP contribution in [0.1, 0.15) is 65.7 Å². The van der Waals surface area contributed by atoms with Gasteiger partial charge in [0.1, 0.15) is 5.78 Å². The molecule has 4 aliphatic carbocycles. The van der Waals surface area contributed by atoms with E-state index >= 15 is 0 Å². The van der Waals surface area contributed by atoms with Crippen molar-refractivity contribution in [1.29, 1.82) is 0 Å². The fraction of sp³-hybridized carbons (Fsp3) is 0.870. The zero-order valence-electron chi connectivity index (χ0n) is 16.7. The molecule has 0 bridgehead atoms. The van der Waals surface area contributed by atoms with E-state index in [9.17, 15) is 9.90 Å². The molecule has 26 heavy (non-hydrogen) atoms. The molecule has 0 aromatic rings. The minimum Gasteiger partial charge on any atom is -0.393 e. The third kappa shape index (κ3) is 2.29. The molecule has 5 aliphatic rings. The number of aliphatic hydroxyl groups is 1. The lowest BCUT2D eigenvalue weighted by Crippen LogP contribution is -2.51. The highest BCUT2D eigenvalue weighted by Crippen LogP contribution is 2.67. The van der Waals surface area contributed by atoms with Gasteiger partial charge in [0.25, 0.3) is 0 Å². The predicted octanol–water partition coefficient (Wildman–Crippen LogP) is 3.81. The van der Waals surface area contributed by atoms with E-state index in [4.69, 9.17) is 0 Å². The van der Waals surface area contributed by atoms with Crippen molar-refractivity contribution in [2.75, 3.05) is 13.1 Å². The quantitative estimate of drug-likeness (QED) is 0.603. The van der Waals surface area contributed by atoms with Gasteiger partial charge in [-0.15, -0.1) is 0 Å². The Morgan fingerprint density at radius 2 is 1.96 bits per heavy atom. The highest BCUT2D eigenvalue weighted by atomic mass is 16.3. The van der Waals surface area contributed by atoms with Gasteiger partial charge in [0.05, 0.1) is 6.10 Å². The Morgan fingerprint density at radius 1 is 1.19 bits per heavy atom. The number of Topliss-reactive ketones (excluding diaryl/α,β-unsaturated/α-hetero) is 1. The van der Waals surface area contributed by atoms with Crippen molar-refractivity contribution in [3.05, 3.63) is 11.6 Å². The van der Waals surface area contributed by atoms with Crippen LogP contribution in [-0.2, 0) is 4.79 Å². The third-order valence-electron chi connectivity index (χ3n) is 9.49. The lowest BCUT2D eigenvalue weighted by Gasteiger charge is -2.57. The summed E-state index contributed by atoms with van der Waals surface area (Å²) in [5.41, 5.74) is 2.05. The summed E-state index contributed by atoms with van der Waals surface area (Å²) in [5, 5.41) is 10.2. The summed E-state index contributed by atoms with van der Waals surface area (Å²) < 4.78 is 0. The molecule has 3 heteroatoms. The van der Waals surface area contributed by atoms with Crippen molar-refractivity contribution in [3.63, 3.8) is 0 Å². The van der Waals surface area contributed by atoms with Crippen molar-refractivity contribution < 1.29 is 9.90 Å². The van der Waals surface area contributed by atoms with Crippen molar-refractivity contribution in [1.82, 2.24) is 4.90 Å². The zero-order chi connectivity index (χ0) is 18.3. The largest absolute Gasteiger partial charge is 0.393 e. The number of rotatable bonds is 2. The maximum atomic E-state index is 12.7. The molecule has 0 amide bonds. The highest BCUT2D eigenvalue weighted by Gasteiger charge is 2.63. The van der Waals surface area contributed by atoms with Crippen LogP contribution in [0.3, 0.4) is 0 Å². The standard InChI is InChI=1S/C23H35NO2/c1-14(25)21-20(24-10-11-24)13-19-17-5-4-15-12-16(26)6-8-22(15,2)18(17)7-9-23(19,21)3/h4,16-21,26H,5-13H2,1-3H3/t16-,17-,18+,19+,20+,21+,22+,23+/m1/s1. The molecule has 0 aromatic carbocycles. The van der Waals surface area contributed by atoms with Crippen LogP contribution in [-0.4, -0.2) is 41.0 Å². The Hall–Kier alpha value is -0.670. The number of carbonyl (C=O) groups is 1. The molecule has 1 heterocycles. The SMILES string of the molecule is CC(=O)[C@H]1[C@@H](N2CC2)C[C@H]2[C@@H]3CC=C4C[C@H](O)CC[C@]4(C)[C@H]3CC[C@@]21C. The lowest BCUT2D eigenvalue weighted by atomic mass is 9.47. The molecule has 8 atom stereocenters. The van der Waals surface area contributed by atoms with E-state index in [1.54, 1.807) is 5.57 Å². The Bertz CT molecular complexity index is 653. The molecule has 4 fully saturated rings. The van der Waals surface area contributed by atoms with E-state index in [-0.39, 0.29) is 17.4 Å². The summed E-state index contributed by atoms with van der Waals surface area (Å²) in [7, 11) is 0. The molecule has 3 nitrogen and oxygen atoms in total. The van der Waals surface area contributed by atoms with Crippen LogP contribution in [0.2, 0.25) is 0 Å². The Labute approximate surface area is 158 Å². The molecule has 1 saturated heterocycles. The number of aliphatic hydroxyl groups excluding tert-OH is 1. The van der Waals surface area contributed by atoms with Crippen molar-refractivity contribution >= 4 is 5.78 Å². The van der Waals surface area contributed by atoms with E-state index in [0.29, 0.717) is 23.2 Å². The second-order valence-electron chi connectivity index (χ2n) is 10.6. The van der Waals surface area contributed by atoms with E-state index in [2.05, 4.69) is 24.8 Å². The van der Waals surface area contributed by atoms with Gasteiger partial charge in [0.2, 0.25) is 0 Å². The first-order valence-electron chi connectivity index (χ1n) is 11.0. The number of nitrogens with zero attached hydrogens (tertiary/aromatic N) is 1. The normalized spacial score (nSPS) is 53.3. The van der Waals surface area contributed by atoms with Gasteiger partial charge in [-0.25, -0.2) is 0 Å². The Balaban J connectivity index is 1.50. The molecule has 1 aliphatic heterocycles. The summed E-state index contributed by atoms with van der Waals surface area (Å²) in [4.78, 5) is 15.2. The molecular weight excluding hydrogens is 322 g/mol. The minimum absolute atomic E-state index is 0.125. The fourth-order valence-corrected chi connectivity index (χ4v) is 8.14. The van der Waals surface area contributed by atoms with E-state index in [1.807, 2.05) is 6.92 Å². The van der Waals surface area contributed by atoms with Crippen LogP contribution in [0, 0.1) is 34.5 Å².